The fourth-order valence-electron chi connectivity index (χ4n) is 5.23. The van der Waals surface area contributed by atoms with E-state index in [9.17, 15) is 33.6 Å². The molecule has 2 saturated heterocycles. The van der Waals surface area contributed by atoms with Crippen LogP contribution in [0.2, 0.25) is 0 Å². The number of ether oxygens (including phenoxy) is 9. The van der Waals surface area contributed by atoms with E-state index in [1.54, 1.807) is 30.3 Å². The Kier molecular flexibility index (Phi) is 15.4. The fourth-order valence-corrected chi connectivity index (χ4v) is 7.62. The highest BCUT2D eigenvalue weighted by atomic mass is 32.2. The lowest BCUT2D eigenvalue weighted by Crippen LogP contribution is -2.62. The molecule has 0 spiro atoms. The summed E-state index contributed by atoms with van der Waals surface area (Å²) in [6, 6.07) is 8.96. The maximum absolute atomic E-state index is 12.4. The van der Waals surface area contributed by atoms with Crippen LogP contribution in [0.5, 0.6) is 0 Å². The first kappa shape index (κ1) is 40.6. The molecule has 276 valence electrons. The summed E-state index contributed by atoms with van der Waals surface area (Å²) in [5.41, 5.74) is -2.17. The van der Waals surface area contributed by atoms with Crippen molar-refractivity contribution in [3.63, 3.8) is 0 Å². The molecule has 2 heterocycles. The van der Waals surface area contributed by atoms with E-state index in [4.69, 9.17) is 42.6 Å². The van der Waals surface area contributed by atoms with Gasteiger partial charge in [0.2, 0.25) is 0 Å². The van der Waals surface area contributed by atoms with Crippen LogP contribution in [0, 0.1) is 0 Å². The third-order valence-corrected chi connectivity index (χ3v) is 9.25. The Morgan fingerprint density at radius 1 is 0.520 bits per heavy atom. The molecule has 0 N–H and O–H groups in total. The number of benzene rings is 1. The number of esters is 7. The summed E-state index contributed by atoms with van der Waals surface area (Å²) in [6.45, 7) is 7.50. The van der Waals surface area contributed by atoms with Gasteiger partial charge < -0.3 is 42.6 Å². The molecule has 1 aromatic rings. The Balaban J connectivity index is 2.05. The maximum atomic E-state index is 12.4. The van der Waals surface area contributed by atoms with E-state index in [-0.39, 0.29) is 5.75 Å². The molecule has 10 atom stereocenters. The van der Waals surface area contributed by atoms with Gasteiger partial charge in [-0.25, -0.2) is 0 Å². The van der Waals surface area contributed by atoms with Crippen LogP contribution < -0.4 is 0 Å². The normalized spacial score (nSPS) is 29.0. The average Bonchev–Trinajstić information content (AvgIpc) is 3.00. The monoisotopic (exact) mass is 744 g/mol. The highest BCUT2D eigenvalue weighted by molar-refractivity contribution is 8.00. The molecule has 1 aromatic carbocycles. The minimum atomic E-state index is -1.41. The highest BCUT2D eigenvalue weighted by Gasteiger charge is 2.55. The quantitative estimate of drug-likeness (QED) is 0.210. The summed E-state index contributed by atoms with van der Waals surface area (Å²) in [4.78, 5) is 86.0. The number of thioether (sulfide) groups is 2. The maximum Gasteiger partial charge on any atom is 0.303 e. The molecule has 2 fully saturated rings. The topological polar surface area (TPSA) is 203 Å². The summed E-state index contributed by atoms with van der Waals surface area (Å²) in [5, 5.41) is 0. The molecule has 0 radical (unpaired) electrons. The van der Waals surface area contributed by atoms with Gasteiger partial charge in [0.15, 0.2) is 36.6 Å². The molecule has 0 amide bonds. The molecule has 2 aliphatic heterocycles. The van der Waals surface area contributed by atoms with Crippen molar-refractivity contribution >= 4 is 65.3 Å². The van der Waals surface area contributed by atoms with Crippen LogP contribution in [0.4, 0.5) is 0 Å². The predicted molar refractivity (Wildman–Crippen MR) is 172 cm³/mol. The van der Waals surface area contributed by atoms with Crippen LogP contribution in [0.25, 0.3) is 0 Å². The van der Waals surface area contributed by atoms with Gasteiger partial charge in [0.1, 0.15) is 29.7 Å². The van der Waals surface area contributed by atoms with Crippen LogP contribution in [-0.2, 0) is 76.2 Å². The van der Waals surface area contributed by atoms with Crippen LogP contribution >= 0.6 is 23.5 Å². The minimum absolute atomic E-state index is 0.109. The van der Waals surface area contributed by atoms with Gasteiger partial charge in [-0.05, 0) is 12.1 Å². The van der Waals surface area contributed by atoms with Gasteiger partial charge in [0.25, 0.3) is 0 Å². The molecule has 3 rings (SSSR count). The third-order valence-electron chi connectivity index (χ3n) is 6.87. The zero-order valence-electron chi connectivity index (χ0n) is 28.4. The van der Waals surface area contributed by atoms with E-state index in [1.165, 1.54) is 18.7 Å². The summed E-state index contributed by atoms with van der Waals surface area (Å²) < 4.78 is 51.0. The van der Waals surface area contributed by atoms with Crippen LogP contribution in [0.1, 0.15) is 48.5 Å². The highest BCUT2D eigenvalue weighted by Crippen LogP contribution is 2.40. The fraction of sp³-hybridized carbons (Fsp3) is 0.594. The Morgan fingerprint density at radius 2 is 0.920 bits per heavy atom. The first-order valence-electron chi connectivity index (χ1n) is 15.4. The second kappa shape index (κ2) is 18.9. The Morgan fingerprint density at radius 3 is 1.38 bits per heavy atom. The van der Waals surface area contributed by atoms with Crippen molar-refractivity contribution in [3.8, 4) is 0 Å². The lowest BCUT2D eigenvalue weighted by Gasteiger charge is -2.46. The van der Waals surface area contributed by atoms with Crippen LogP contribution in [0.3, 0.4) is 0 Å². The van der Waals surface area contributed by atoms with Crippen molar-refractivity contribution in [1.29, 1.82) is 0 Å². The molecule has 0 bridgehead atoms. The largest absolute Gasteiger partial charge is 0.463 e. The van der Waals surface area contributed by atoms with E-state index >= 15 is 0 Å². The van der Waals surface area contributed by atoms with Crippen LogP contribution in [0.15, 0.2) is 35.2 Å². The average molecular weight is 745 g/mol. The second-order valence-electron chi connectivity index (χ2n) is 11.1. The molecule has 0 aromatic heterocycles. The van der Waals surface area contributed by atoms with E-state index in [0.29, 0.717) is 4.90 Å². The van der Waals surface area contributed by atoms with Gasteiger partial charge in [-0.2, -0.15) is 0 Å². The third kappa shape index (κ3) is 12.2. The Labute approximate surface area is 296 Å². The zero-order valence-corrected chi connectivity index (χ0v) is 30.1. The predicted octanol–water partition coefficient (Wildman–Crippen LogP) is 2.12. The van der Waals surface area contributed by atoms with E-state index in [2.05, 4.69) is 0 Å². The van der Waals surface area contributed by atoms with Gasteiger partial charge in [0.05, 0.1) is 0 Å². The lowest BCUT2D eigenvalue weighted by molar-refractivity contribution is -0.238. The lowest BCUT2D eigenvalue weighted by atomic mass is 9.99. The summed E-state index contributed by atoms with van der Waals surface area (Å²) in [5.74, 6) is -5.36. The molecule has 0 saturated carbocycles. The standard InChI is InChI=1S/C32H40O16S2/c1-15(33)40-13-23-25(41-16(2)34)27(43-18(4)36)29(45-20(6)38)31(47-23)49-14-24-26(42-17(3)35)28(44-19(5)37)30(46-21(7)39)32(48-24)50-22-11-9-8-10-12-22/h8-12,23-32H,13-14H2,1-7H3/t23-,24-,25-,26-,27+,28+,29-,30-,31+,32+/m1/s1. The summed E-state index contributed by atoms with van der Waals surface area (Å²) in [7, 11) is 0. The van der Waals surface area contributed by atoms with Crippen molar-refractivity contribution in [2.45, 2.75) is 113 Å². The van der Waals surface area contributed by atoms with Crippen molar-refractivity contribution in [3.05, 3.63) is 30.3 Å². The van der Waals surface area contributed by atoms with Crippen molar-refractivity contribution in [1.82, 2.24) is 0 Å². The SMILES string of the molecule is CC(=O)OC[C@H]1O[C@@H](SC[C@H]2O[C@@H](Sc3ccccc3)[C@H](OC(C)=O)[C@@H](OC(C)=O)[C@@H]2OC(C)=O)[C@H](OC(C)=O)[C@@H](OC(C)=O)[C@@H]1OC(C)=O. The van der Waals surface area contributed by atoms with E-state index in [1.807, 2.05) is 0 Å². The first-order chi connectivity index (χ1) is 23.5. The van der Waals surface area contributed by atoms with E-state index in [0.717, 1.165) is 53.3 Å². The number of rotatable bonds is 13. The molecular weight excluding hydrogens is 704 g/mol. The molecule has 18 heteroatoms. The number of carbonyl (C=O) groups excluding carboxylic acids is 7. The smallest absolute Gasteiger partial charge is 0.303 e. The second-order valence-corrected chi connectivity index (χ2v) is 13.4. The number of hydrogen-bond acceptors (Lipinski definition) is 18. The zero-order chi connectivity index (χ0) is 37.1. The Bertz CT molecular complexity index is 1390. The number of hydrogen-bond donors (Lipinski definition) is 0. The Hall–Kier alpha value is -3.87. The van der Waals surface area contributed by atoms with Crippen molar-refractivity contribution < 1.29 is 76.2 Å². The van der Waals surface area contributed by atoms with Crippen molar-refractivity contribution in [2.24, 2.45) is 0 Å². The van der Waals surface area contributed by atoms with Gasteiger partial charge >= 0.3 is 41.8 Å². The van der Waals surface area contributed by atoms with Gasteiger partial charge in [-0.1, -0.05) is 30.0 Å². The molecule has 16 nitrogen and oxygen atoms in total. The van der Waals surface area contributed by atoms with Gasteiger partial charge in [-0.3, -0.25) is 33.6 Å². The first-order valence-corrected chi connectivity index (χ1v) is 17.3. The summed E-state index contributed by atoms with van der Waals surface area (Å²) in [6.07, 6.45) is -10.3. The number of carbonyl (C=O) groups is 7. The van der Waals surface area contributed by atoms with Crippen LogP contribution in [-0.4, -0.2) is 114 Å². The molecule has 0 aliphatic carbocycles. The molecule has 50 heavy (non-hydrogen) atoms. The molecular formula is C32H40O16S2. The van der Waals surface area contributed by atoms with E-state index < -0.39 is 108 Å². The van der Waals surface area contributed by atoms with Crippen molar-refractivity contribution in [2.75, 3.05) is 12.4 Å². The minimum Gasteiger partial charge on any atom is -0.463 e. The van der Waals surface area contributed by atoms with Gasteiger partial charge in [0, 0.05) is 59.1 Å². The molecule has 0 unspecified atom stereocenters. The summed E-state index contributed by atoms with van der Waals surface area (Å²) >= 11 is 2.14. The molecule has 2 aliphatic rings. The van der Waals surface area contributed by atoms with Gasteiger partial charge in [-0.15, -0.1) is 11.8 Å².